The third kappa shape index (κ3) is 1.98. The monoisotopic (exact) mass is 338 g/mol. The molecule has 20 heavy (non-hydrogen) atoms. The SMILES string of the molecule is CCOC(=O)c1cc2c(cc1Br)n(C)c(=O)n2C1CC1. The quantitative estimate of drug-likeness (QED) is 0.808. The molecule has 1 aliphatic rings. The average Bonchev–Trinajstić information content (AvgIpc) is 3.20. The van der Waals surface area contributed by atoms with Crippen molar-refractivity contribution in [1.82, 2.24) is 9.13 Å². The number of aryl methyl sites for hydroxylation is 1. The highest BCUT2D eigenvalue weighted by Crippen LogP contribution is 2.37. The van der Waals surface area contributed by atoms with Crippen molar-refractivity contribution in [2.24, 2.45) is 7.05 Å². The second-order valence-corrected chi connectivity index (χ2v) is 5.84. The standard InChI is InChI=1S/C14H15BrN2O3/c1-3-20-13(18)9-6-12-11(7-10(9)15)16(2)14(19)17(12)8-4-5-8/h6-8H,3-5H2,1-2H3. The van der Waals surface area contributed by atoms with Crippen LogP contribution in [0.2, 0.25) is 0 Å². The van der Waals surface area contributed by atoms with E-state index in [9.17, 15) is 9.59 Å². The largest absolute Gasteiger partial charge is 0.462 e. The fraction of sp³-hybridized carbons (Fsp3) is 0.429. The van der Waals surface area contributed by atoms with Gasteiger partial charge >= 0.3 is 11.7 Å². The van der Waals surface area contributed by atoms with E-state index in [0.29, 0.717) is 16.6 Å². The molecule has 0 N–H and O–H groups in total. The van der Waals surface area contributed by atoms with Crippen molar-refractivity contribution in [2.45, 2.75) is 25.8 Å². The lowest BCUT2D eigenvalue weighted by atomic mass is 10.2. The van der Waals surface area contributed by atoms with E-state index in [-0.39, 0.29) is 17.7 Å². The minimum absolute atomic E-state index is 0.0320. The Morgan fingerprint density at radius 1 is 1.40 bits per heavy atom. The van der Waals surface area contributed by atoms with Crippen molar-refractivity contribution in [3.63, 3.8) is 0 Å². The molecule has 1 fully saturated rings. The number of imidazole rings is 1. The molecule has 0 spiro atoms. The van der Waals surface area contributed by atoms with E-state index in [0.717, 1.165) is 23.9 Å². The van der Waals surface area contributed by atoms with Crippen molar-refractivity contribution in [3.05, 3.63) is 32.7 Å². The van der Waals surface area contributed by atoms with Gasteiger partial charge in [-0.3, -0.25) is 9.13 Å². The highest BCUT2D eigenvalue weighted by molar-refractivity contribution is 9.10. The molecule has 1 aliphatic carbocycles. The number of carbonyl (C=O) groups is 1. The summed E-state index contributed by atoms with van der Waals surface area (Å²) in [4.78, 5) is 24.2. The Bertz CT molecular complexity index is 756. The minimum Gasteiger partial charge on any atom is -0.462 e. The van der Waals surface area contributed by atoms with Crippen molar-refractivity contribution in [3.8, 4) is 0 Å². The number of carbonyl (C=O) groups excluding carboxylic acids is 1. The number of esters is 1. The molecule has 106 valence electrons. The fourth-order valence-corrected chi connectivity index (χ4v) is 2.92. The van der Waals surface area contributed by atoms with Gasteiger partial charge in [0.05, 0.1) is 23.2 Å². The van der Waals surface area contributed by atoms with Gasteiger partial charge in [0.1, 0.15) is 0 Å². The summed E-state index contributed by atoms with van der Waals surface area (Å²) in [5.41, 5.74) is 2.04. The topological polar surface area (TPSA) is 53.2 Å². The summed E-state index contributed by atoms with van der Waals surface area (Å²) in [7, 11) is 1.75. The van der Waals surface area contributed by atoms with Gasteiger partial charge in [-0.15, -0.1) is 0 Å². The van der Waals surface area contributed by atoms with Crippen LogP contribution in [0.1, 0.15) is 36.2 Å². The Labute approximate surface area is 124 Å². The van der Waals surface area contributed by atoms with Gasteiger partial charge in [-0.25, -0.2) is 9.59 Å². The lowest BCUT2D eigenvalue weighted by Crippen LogP contribution is -2.21. The predicted molar refractivity (Wildman–Crippen MR) is 79.1 cm³/mol. The first-order chi connectivity index (χ1) is 9.54. The summed E-state index contributed by atoms with van der Waals surface area (Å²) in [6, 6.07) is 3.82. The van der Waals surface area contributed by atoms with Gasteiger partial charge in [-0.05, 0) is 47.8 Å². The number of fused-ring (bicyclic) bond motifs is 1. The predicted octanol–water partition coefficient (Wildman–Crippen LogP) is 2.61. The molecule has 0 saturated heterocycles. The Morgan fingerprint density at radius 2 is 2.10 bits per heavy atom. The number of hydrogen-bond acceptors (Lipinski definition) is 3. The van der Waals surface area contributed by atoms with E-state index in [1.54, 1.807) is 29.2 Å². The van der Waals surface area contributed by atoms with Gasteiger partial charge in [0, 0.05) is 17.6 Å². The minimum atomic E-state index is -0.375. The van der Waals surface area contributed by atoms with Crippen LogP contribution < -0.4 is 5.69 Å². The van der Waals surface area contributed by atoms with Gasteiger partial charge in [0.25, 0.3) is 0 Å². The van der Waals surface area contributed by atoms with Gasteiger partial charge in [0.2, 0.25) is 0 Å². The molecule has 0 unspecified atom stereocenters. The normalized spacial score (nSPS) is 14.8. The zero-order chi connectivity index (χ0) is 14.4. The van der Waals surface area contributed by atoms with E-state index in [1.165, 1.54) is 0 Å². The molecular formula is C14H15BrN2O3. The lowest BCUT2D eigenvalue weighted by Gasteiger charge is -2.06. The van der Waals surface area contributed by atoms with E-state index >= 15 is 0 Å². The molecule has 1 saturated carbocycles. The molecule has 0 radical (unpaired) electrons. The molecule has 1 aromatic heterocycles. The van der Waals surface area contributed by atoms with Crippen molar-refractivity contribution in [2.75, 3.05) is 6.61 Å². The molecule has 0 bridgehead atoms. The van der Waals surface area contributed by atoms with Gasteiger partial charge < -0.3 is 4.74 Å². The van der Waals surface area contributed by atoms with Crippen LogP contribution >= 0.6 is 15.9 Å². The summed E-state index contributed by atoms with van der Waals surface area (Å²) >= 11 is 3.38. The van der Waals surface area contributed by atoms with Crippen LogP contribution in [-0.4, -0.2) is 21.7 Å². The lowest BCUT2D eigenvalue weighted by molar-refractivity contribution is 0.0525. The van der Waals surface area contributed by atoms with Gasteiger partial charge in [0.15, 0.2) is 0 Å². The Hall–Kier alpha value is -1.56. The third-order valence-electron chi connectivity index (χ3n) is 3.59. The maximum atomic E-state index is 12.3. The summed E-state index contributed by atoms with van der Waals surface area (Å²) < 4.78 is 9.09. The number of halogens is 1. The van der Waals surface area contributed by atoms with E-state index in [1.807, 2.05) is 6.07 Å². The number of benzene rings is 1. The van der Waals surface area contributed by atoms with Crippen molar-refractivity contribution in [1.29, 1.82) is 0 Å². The second kappa shape index (κ2) is 4.77. The molecule has 5 nitrogen and oxygen atoms in total. The van der Waals surface area contributed by atoms with E-state index < -0.39 is 0 Å². The first-order valence-corrected chi connectivity index (χ1v) is 7.41. The number of rotatable bonds is 3. The summed E-state index contributed by atoms with van der Waals surface area (Å²) in [6.45, 7) is 2.10. The Kier molecular flexibility index (Phi) is 3.20. The number of nitrogens with zero attached hydrogens (tertiary/aromatic N) is 2. The molecule has 0 aliphatic heterocycles. The molecule has 2 aromatic rings. The number of aromatic nitrogens is 2. The maximum absolute atomic E-state index is 12.3. The zero-order valence-corrected chi connectivity index (χ0v) is 12.9. The highest BCUT2D eigenvalue weighted by atomic mass is 79.9. The Balaban J connectivity index is 2.25. The van der Waals surface area contributed by atoms with Crippen LogP contribution in [0.3, 0.4) is 0 Å². The number of ether oxygens (including phenoxy) is 1. The Morgan fingerprint density at radius 3 is 2.70 bits per heavy atom. The smallest absolute Gasteiger partial charge is 0.339 e. The summed E-state index contributed by atoms with van der Waals surface area (Å²) in [5, 5.41) is 0. The molecule has 3 rings (SSSR count). The third-order valence-corrected chi connectivity index (χ3v) is 4.24. The zero-order valence-electron chi connectivity index (χ0n) is 11.4. The van der Waals surface area contributed by atoms with E-state index in [4.69, 9.17) is 4.74 Å². The molecule has 0 atom stereocenters. The second-order valence-electron chi connectivity index (χ2n) is 4.98. The average molecular weight is 339 g/mol. The molecule has 1 heterocycles. The summed E-state index contributed by atoms with van der Waals surface area (Å²) in [6.07, 6.45) is 2.04. The first-order valence-electron chi connectivity index (χ1n) is 6.62. The van der Waals surface area contributed by atoms with Crippen LogP contribution in [0.25, 0.3) is 11.0 Å². The summed E-state index contributed by atoms with van der Waals surface area (Å²) in [5.74, 6) is -0.375. The van der Waals surface area contributed by atoms with Crippen LogP contribution in [0, 0.1) is 0 Å². The van der Waals surface area contributed by atoms with Crippen LogP contribution in [-0.2, 0) is 11.8 Å². The highest BCUT2D eigenvalue weighted by Gasteiger charge is 2.29. The van der Waals surface area contributed by atoms with Crippen molar-refractivity contribution < 1.29 is 9.53 Å². The van der Waals surface area contributed by atoms with Crippen molar-refractivity contribution >= 4 is 32.9 Å². The van der Waals surface area contributed by atoms with Gasteiger partial charge in [-0.2, -0.15) is 0 Å². The van der Waals surface area contributed by atoms with Crippen LogP contribution in [0.5, 0.6) is 0 Å². The molecule has 6 heteroatoms. The van der Waals surface area contributed by atoms with Crippen LogP contribution in [0.4, 0.5) is 0 Å². The first kappa shape index (κ1) is 13.4. The number of hydrogen-bond donors (Lipinski definition) is 0. The molecule has 1 aromatic carbocycles. The fourth-order valence-electron chi connectivity index (χ4n) is 2.43. The van der Waals surface area contributed by atoms with E-state index in [2.05, 4.69) is 15.9 Å². The molecule has 0 amide bonds. The maximum Gasteiger partial charge on any atom is 0.339 e. The van der Waals surface area contributed by atoms with Crippen LogP contribution in [0.15, 0.2) is 21.4 Å². The molecular weight excluding hydrogens is 324 g/mol. The van der Waals surface area contributed by atoms with Gasteiger partial charge in [-0.1, -0.05) is 0 Å².